The second-order valence-corrected chi connectivity index (χ2v) is 11.1. The van der Waals surface area contributed by atoms with Crippen molar-refractivity contribution >= 4 is 34.2 Å². The zero-order valence-corrected chi connectivity index (χ0v) is 24.8. The van der Waals surface area contributed by atoms with E-state index in [1.807, 2.05) is 100 Å². The van der Waals surface area contributed by atoms with Crippen molar-refractivity contribution in [2.24, 2.45) is 0 Å². The number of methoxy groups -OCH3 is 1. The van der Waals surface area contributed by atoms with Crippen molar-refractivity contribution in [3.05, 3.63) is 90.1 Å². The number of aromatic nitrogens is 1. The minimum Gasteiger partial charge on any atom is -0.497 e. The summed E-state index contributed by atoms with van der Waals surface area (Å²) in [5, 5.41) is 7.21. The smallest absolute Gasteiger partial charge is 0.318 e. The molecule has 3 aromatic carbocycles. The average Bonchev–Trinajstić information content (AvgIpc) is 3.44. The highest BCUT2D eigenvalue weighted by Crippen LogP contribution is 2.29. The summed E-state index contributed by atoms with van der Waals surface area (Å²) in [6, 6.07) is 22.8. The molecule has 1 aromatic heterocycles. The zero-order chi connectivity index (χ0) is 29.6. The molecule has 2 heterocycles. The van der Waals surface area contributed by atoms with Crippen LogP contribution < -0.4 is 20.3 Å². The summed E-state index contributed by atoms with van der Waals surface area (Å²) in [6.45, 7) is 5.27. The number of para-hydroxylation sites is 1. The van der Waals surface area contributed by atoms with Gasteiger partial charge in [-0.25, -0.2) is 4.79 Å². The molecule has 9 heteroatoms. The van der Waals surface area contributed by atoms with Gasteiger partial charge in [-0.15, -0.1) is 0 Å². The number of urea groups is 1. The third-order valence-electron chi connectivity index (χ3n) is 7.87. The summed E-state index contributed by atoms with van der Waals surface area (Å²) in [4.78, 5) is 36.9. The molecule has 0 spiro atoms. The van der Waals surface area contributed by atoms with E-state index in [0.29, 0.717) is 31.9 Å². The fraction of sp³-hybridized carbons (Fsp3) is 0.333. The van der Waals surface area contributed by atoms with Crippen molar-refractivity contribution in [1.82, 2.24) is 20.1 Å². The molecule has 0 unspecified atom stereocenters. The molecule has 1 saturated heterocycles. The van der Waals surface area contributed by atoms with Gasteiger partial charge in [0.2, 0.25) is 5.91 Å². The third-order valence-corrected chi connectivity index (χ3v) is 7.87. The highest BCUT2D eigenvalue weighted by molar-refractivity contribution is 5.98. The maximum atomic E-state index is 13.8. The number of hydrogen-bond donors (Lipinski definition) is 3. The number of hydrogen-bond acceptors (Lipinski definition) is 5. The number of ether oxygens (including phenoxy) is 1. The van der Waals surface area contributed by atoms with E-state index >= 15 is 0 Å². The van der Waals surface area contributed by atoms with Gasteiger partial charge < -0.3 is 35.1 Å². The number of anilines is 2. The molecule has 9 nitrogen and oxygen atoms in total. The molecule has 1 aliphatic rings. The number of rotatable bonds is 9. The Morgan fingerprint density at radius 2 is 1.71 bits per heavy atom. The maximum absolute atomic E-state index is 13.8. The molecule has 5 rings (SSSR count). The van der Waals surface area contributed by atoms with Crippen molar-refractivity contribution in [2.45, 2.75) is 25.4 Å². The SMILES string of the molecule is COc1ccc(N2CCN(C(=O)N[C@@H](C(=O)Nc3cccc(CN(C)C)c3)[C@@H](C)c3c[nH]c4ccccc34)CC2)cc1. The average molecular weight is 569 g/mol. The minimum atomic E-state index is -0.783. The van der Waals surface area contributed by atoms with Gasteiger partial charge in [0.25, 0.3) is 0 Å². The summed E-state index contributed by atoms with van der Waals surface area (Å²) in [6.07, 6.45) is 1.94. The Morgan fingerprint density at radius 1 is 0.976 bits per heavy atom. The van der Waals surface area contributed by atoms with E-state index in [1.165, 1.54) is 0 Å². The van der Waals surface area contributed by atoms with E-state index in [4.69, 9.17) is 4.74 Å². The molecule has 0 aliphatic carbocycles. The molecule has 3 amide bonds. The topological polar surface area (TPSA) is 92.9 Å². The first-order valence-electron chi connectivity index (χ1n) is 14.4. The normalized spacial score (nSPS) is 15.0. The Bertz CT molecular complexity index is 1510. The molecule has 0 saturated carbocycles. The fourth-order valence-electron chi connectivity index (χ4n) is 5.59. The van der Waals surface area contributed by atoms with Crippen LogP contribution in [0.4, 0.5) is 16.2 Å². The van der Waals surface area contributed by atoms with Crippen molar-refractivity contribution in [2.75, 3.05) is 57.6 Å². The van der Waals surface area contributed by atoms with Crippen LogP contribution in [0.25, 0.3) is 10.9 Å². The van der Waals surface area contributed by atoms with Crippen molar-refractivity contribution in [1.29, 1.82) is 0 Å². The standard InChI is InChI=1S/C33H40N6O3/c1-23(29-21-34-30-11-6-5-10-28(29)30)31(32(40)35-25-9-7-8-24(20-25)22-37(2)3)36-33(41)39-18-16-38(17-19-39)26-12-14-27(42-4)15-13-26/h5-15,20-21,23,31,34H,16-19,22H2,1-4H3,(H,35,40)(H,36,41)/t23-,31+/m0/s1. The third kappa shape index (κ3) is 6.69. The Kier molecular flexibility index (Phi) is 8.97. The van der Waals surface area contributed by atoms with Gasteiger partial charge >= 0.3 is 6.03 Å². The Morgan fingerprint density at radius 3 is 2.43 bits per heavy atom. The lowest BCUT2D eigenvalue weighted by atomic mass is 9.92. The van der Waals surface area contributed by atoms with Gasteiger partial charge in [-0.1, -0.05) is 37.3 Å². The number of carbonyl (C=O) groups is 2. The lowest BCUT2D eigenvalue weighted by Crippen LogP contribution is -2.56. The van der Waals surface area contributed by atoms with Crippen LogP contribution in [0.1, 0.15) is 24.0 Å². The number of H-pyrrole nitrogens is 1. The number of amides is 3. The van der Waals surface area contributed by atoms with Crippen LogP contribution in [0.15, 0.2) is 79.0 Å². The summed E-state index contributed by atoms with van der Waals surface area (Å²) in [5.74, 6) is 0.283. The number of benzene rings is 3. The van der Waals surface area contributed by atoms with E-state index in [9.17, 15) is 9.59 Å². The van der Waals surface area contributed by atoms with Gasteiger partial charge in [0.1, 0.15) is 11.8 Å². The molecular formula is C33H40N6O3. The quantitative estimate of drug-likeness (QED) is 0.268. The van der Waals surface area contributed by atoms with Gasteiger partial charge in [-0.2, -0.15) is 0 Å². The zero-order valence-electron chi connectivity index (χ0n) is 24.8. The summed E-state index contributed by atoms with van der Waals surface area (Å²) in [5.41, 5.74) is 4.88. The second-order valence-electron chi connectivity index (χ2n) is 11.1. The Labute approximate surface area is 247 Å². The maximum Gasteiger partial charge on any atom is 0.318 e. The summed E-state index contributed by atoms with van der Waals surface area (Å²) >= 11 is 0. The largest absolute Gasteiger partial charge is 0.497 e. The minimum absolute atomic E-state index is 0.238. The number of fused-ring (bicyclic) bond motifs is 1. The molecule has 4 aromatic rings. The number of aromatic amines is 1. The molecule has 2 atom stereocenters. The highest BCUT2D eigenvalue weighted by Gasteiger charge is 2.32. The van der Waals surface area contributed by atoms with Crippen molar-refractivity contribution in [3.63, 3.8) is 0 Å². The van der Waals surface area contributed by atoms with Crippen LogP contribution in [-0.2, 0) is 11.3 Å². The summed E-state index contributed by atoms with van der Waals surface area (Å²) in [7, 11) is 5.68. The first-order chi connectivity index (χ1) is 20.3. The predicted octanol–water partition coefficient (Wildman–Crippen LogP) is 4.88. The number of piperazine rings is 1. The fourth-order valence-corrected chi connectivity index (χ4v) is 5.59. The Balaban J connectivity index is 1.32. The molecule has 1 fully saturated rings. The first-order valence-corrected chi connectivity index (χ1v) is 14.4. The van der Waals surface area contributed by atoms with Gasteiger partial charge in [-0.05, 0) is 67.7 Å². The number of carbonyl (C=O) groups excluding carboxylic acids is 2. The molecule has 0 bridgehead atoms. The first kappa shape index (κ1) is 29.0. The lowest BCUT2D eigenvalue weighted by Gasteiger charge is -2.37. The number of nitrogens with zero attached hydrogens (tertiary/aromatic N) is 3. The molecular weight excluding hydrogens is 528 g/mol. The second kappa shape index (κ2) is 13.0. The van der Waals surface area contributed by atoms with Gasteiger partial charge in [0.15, 0.2) is 0 Å². The molecule has 220 valence electrons. The van der Waals surface area contributed by atoms with Crippen molar-refractivity contribution < 1.29 is 14.3 Å². The summed E-state index contributed by atoms with van der Waals surface area (Å²) < 4.78 is 5.27. The molecule has 0 radical (unpaired) electrons. The van der Waals surface area contributed by atoms with Crippen LogP contribution in [0.3, 0.4) is 0 Å². The molecule has 42 heavy (non-hydrogen) atoms. The molecule has 3 N–H and O–H groups in total. The van der Waals surface area contributed by atoms with Gasteiger partial charge in [0, 0.05) is 67.1 Å². The van der Waals surface area contributed by atoms with E-state index in [2.05, 4.69) is 25.4 Å². The van der Waals surface area contributed by atoms with Crippen LogP contribution in [0, 0.1) is 0 Å². The van der Waals surface area contributed by atoms with Crippen LogP contribution in [0.2, 0.25) is 0 Å². The van der Waals surface area contributed by atoms with Crippen LogP contribution in [0.5, 0.6) is 5.75 Å². The van der Waals surface area contributed by atoms with Crippen LogP contribution >= 0.6 is 0 Å². The molecule has 1 aliphatic heterocycles. The highest BCUT2D eigenvalue weighted by atomic mass is 16.5. The van der Waals surface area contributed by atoms with E-state index in [-0.39, 0.29) is 17.9 Å². The van der Waals surface area contributed by atoms with E-state index in [0.717, 1.165) is 40.0 Å². The van der Waals surface area contributed by atoms with Crippen molar-refractivity contribution in [3.8, 4) is 5.75 Å². The Hall–Kier alpha value is -4.50. The lowest BCUT2D eigenvalue weighted by molar-refractivity contribution is -0.118. The van der Waals surface area contributed by atoms with Gasteiger partial charge in [0.05, 0.1) is 7.11 Å². The van der Waals surface area contributed by atoms with E-state index < -0.39 is 6.04 Å². The van der Waals surface area contributed by atoms with E-state index in [1.54, 1.807) is 12.0 Å². The van der Waals surface area contributed by atoms with Gasteiger partial charge in [-0.3, -0.25) is 4.79 Å². The van der Waals surface area contributed by atoms with Crippen LogP contribution in [-0.4, -0.2) is 80.1 Å². The predicted molar refractivity (Wildman–Crippen MR) is 168 cm³/mol. The number of nitrogens with one attached hydrogen (secondary N) is 3. The monoisotopic (exact) mass is 568 g/mol.